The van der Waals surface area contributed by atoms with Crippen molar-refractivity contribution in [2.75, 3.05) is 6.54 Å². The zero-order valence-corrected chi connectivity index (χ0v) is 18.0. The molecule has 2 aromatic carbocycles. The Hall–Kier alpha value is -2.38. The largest absolute Gasteiger partial charge is 0.464 e. The number of aromatic nitrogens is 3. The van der Waals surface area contributed by atoms with E-state index in [0.29, 0.717) is 12.1 Å². The van der Waals surface area contributed by atoms with Crippen LogP contribution >= 0.6 is 24.8 Å². The Kier molecular flexibility index (Phi) is 7.50. The van der Waals surface area contributed by atoms with Crippen LogP contribution in [0.3, 0.4) is 0 Å². The summed E-state index contributed by atoms with van der Waals surface area (Å²) in [5, 5.41) is 16.6. The van der Waals surface area contributed by atoms with Crippen molar-refractivity contribution in [2.45, 2.75) is 31.5 Å². The van der Waals surface area contributed by atoms with Gasteiger partial charge in [-0.1, -0.05) is 35.5 Å². The molecule has 2 N–H and O–H groups in total. The van der Waals surface area contributed by atoms with Crippen LogP contribution in [0.4, 0.5) is 0 Å². The van der Waals surface area contributed by atoms with Crippen molar-refractivity contribution in [3.05, 3.63) is 78.3 Å². The topological polar surface area (TPSA) is 67.9 Å². The van der Waals surface area contributed by atoms with E-state index in [1.807, 2.05) is 12.3 Å². The quantitative estimate of drug-likeness (QED) is 0.475. The van der Waals surface area contributed by atoms with E-state index < -0.39 is 0 Å². The molecule has 3 heterocycles. The summed E-state index contributed by atoms with van der Waals surface area (Å²) in [6.07, 6.45) is 7.62. The Morgan fingerprint density at radius 1 is 1.13 bits per heavy atom. The van der Waals surface area contributed by atoms with Gasteiger partial charge in [-0.2, -0.15) is 0 Å². The molecule has 2 aromatic heterocycles. The maximum atomic E-state index is 5.77. The average Bonchev–Trinajstić information content (AvgIpc) is 3.44. The van der Waals surface area contributed by atoms with Gasteiger partial charge in [0.15, 0.2) is 0 Å². The molecule has 0 radical (unpaired) electrons. The van der Waals surface area contributed by atoms with Gasteiger partial charge in [0.2, 0.25) is 0 Å². The molecule has 1 aliphatic heterocycles. The fourth-order valence-corrected chi connectivity index (χ4v) is 4.11. The van der Waals surface area contributed by atoms with Crippen molar-refractivity contribution < 1.29 is 4.42 Å². The zero-order chi connectivity index (χ0) is 18.8. The van der Waals surface area contributed by atoms with Crippen LogP contribution in [0, 0.1) is 0 Å². The predicted octanol–water partition coefficient (Wildman–Crippen LogP) is 4.44. The van der Waals surface area contributed by atoms with E-state index in [1.165, 1.54) is 12.0 Å². The lowest BCUT2D eigenvalue weighted by Crippen LogP contribution is -2.45. The molecule has 1 saturated heterocycles. The molecule has 30 heavy (non-hydrogen) atoms. The van der Waals surface area contributed by atoms with Crippen LogP contribution in [0.15, 0.2) is 71.6 Å². The molecule has 8 heteroatoms. The summed E-state index contributed by atoms with van der Waals surface area (Å²) >= 11 is 0. The lowest BCUT2D eigenvalue weighted by atomic mass is 9.92. The van der Waals surface area contributed by atoms with Gasteiger partial charge in [0.25, 0.3) is 0 Å². The van der Waals surface area contributed by atoms with Crippen LogP contribution in [-0.2, 0) is 6.54 Å². The molecule has 2 atom stereocenters. The number of nitrogens with zero attached hydrogens (tertiary/aromatic N) is 3. The zero-order valence-electron chi connectivity index (χ0n) is 16.4. The summed E-state index contributed by atoms with van der Waals surface area (Å²) in [5.41, 5.74) is 4.38. The van der Waals surface area contributed by atoms with Crippen LogP contribution < -0.4 is 10.6 Å². The van der Waals surface area contributed by atoms with Gasteiger partial charge >= 0.3 is 0 Å². The Morgan fingerprint density at radius 3 is 2.80 bits per heavy atom. The average molecular weight is 446 g/mol. The van der Waals surface area contributed by atoms with E-state index >= 15 is 0 Å². The fraction of sp³-hybridized carbons (Fsp3) is 0.273. The molecule has 0 aliphatic carbocycles. The van der Waals surface area contributed by atoms with E-state index in [2.05, 4.69) is 63.4 Å². The second kappa shape index (κ2) is 10.1. The van der Waals surface area contributed by atoms with Crippen molar-refractivity contribution in [2.24, 2.45) is 0 Å². The normalized spacial score (nSPS) is 18.5. The van der Waals surface area contributed by atoms with Gasteiger partial charge in [-0.05, 0) is 43.1 Å². The molecule has 0 unspecified atom stereocenters. The van der Waals surface area contributed by atoms with Crippen molar-refractivity contribution >= 4 is 35.8 Å². The summed E-state index contributed by atoms with van der Waals surface area (Å²) in [6, 6.07) is 17.6. The molecule has 158 valence electrons. The highest BCUT2D eigenvalue weighted by Crippen LogP contribution is 2.27. The van der Waals surface area contributed by atoms with Gasteiger partial charge in [-0.15, -0.1) is 29.9 Å². The first-order valence-electron chi connectivity index (χ1n) is 9.77. The minimum Gasteiger partial charge on any atom is -0.464 e. The number of fused-ring (bicyclic) bond motifs is 1. The van der Waals surface area contributed by atoms with E-state index in [1.54, 1.807) is 17.1 Å². The number of halogens is 2. The van der Waals surface area contributed by atoms with Crippen LogP contribution in [0.1, 0.15) is 30.0 Å². The Labute approximate surface area is 187 Å². The molecule has 0 bridgehead atoms. The number of furan rings is 1. The second-order valence-corrected chi connectivity index (χ2v) is 7.26. The first-order chi connectivity index (χ1) is 13.9. The van der Waals surface area contributed by atoms with Crippen molar-refractivity contribution in [3.8, 4) is 5.69 Å². The summed E-state index contributed by atoms with van der Waals surface area (Å²) < 4.78 is 7.55. The maximum Gasteiger partial charge on any atom is 0.138 e. The molecule has 0 spiro atoms. The molecule has 4 aromatic rings. The Balaban J connectivity index is 0.00000128. The molecule has 5 rings (SSSR count). The number of hydrogen-bond donors (Lipinski definition) is 2. The van der Waals surface area contributed by atoms with Gasteiger partial charge < -0.3 is 15.1 Å². The lowest BCUT2D eigenvalue weighted by molar-refractivity contribution is 0.304. The second-order valence-electron chi connectivity index (χ2n) is 7.26. The van der Waals surface area contributed by atoms with Gasteiger partial charge in [0.05, 0.1) is 24.3 Å². The first-order valence-corrected chi connectivity index (χ1v) is 9.77. The number of piperidine rings is 1. The smallest absolute Gasteiger partial charge is 0.138 e. The van der Waals surface area contributed by atoms with E-state index in [4.69, 9.17) is 4.42 Å². The predicted molar refractivity (Wildman–Crippen MR) is 123 cm³/mol. The van der Waals surface area contributed by atoms with Crippen molar-refractivity contribution in [1.29, 1.82) is 0 Å². The SMILES string of the molecule is Cl.Cl.c1ccc([C@@H]2NCCC[C@@H]2NCc2cc(-n3ccnn3)cc3ccoc23)cc1. The number of hydrogen-bond acceptors (Lipinski definition) is 5. The van der Waals surface area contributed by atoms with E-state index in [-0.39, 0.29) is 24.8 Å². The molecule has 0 amide bonds. The van der Waals surface area contributed by atoms with Gasteiger partial charge in [0, 0.05) is 29.6 Å². The number of rotatable bonds is 5. The summed E-state index contributed by atoms with van der Waals surface area (Å²) in [7, 11) is 0. The highest BCUT2D eigenvalue weighted by atomic mass is 35.5. The molecule has 6 nitrogen and oxygen atoms in total. The maximum absolute atomic E-state index is 5.77. The third kappa shape index (κ3) is 4.52. The Bertz CT molecular complexity index is 1050. The minimum absolute atomic E-state index is 0. The summed E-state index contributed by atoms with van der Waals surface area (Å²) in [6.45, 7) is 1.80. The molecule has 1 aliphatic rings. The van der Waals surface area contributed by atoms with Crippen LogP contribution in [-0.4, -0.2) is 27.6 Å². The molecular formula is C22H25Cl2N5O. The molecule has 0 saturated carbocycles. The first kappa shape index (κ1) is 22.3. The summed E-state index contributed by atoms with van der Waals surface area (Å²) in [4.78, 5) is 0. The van der Waals surface area contributed by atoms with Crippen LogP contribution in [0.2, 0.25) is 0 Å². The van der Waals surface area contributed by atoms with E-state index in [0.717, 1.165) is 41.7 Å². The van der Waals surface area contributed by atoms with Crippen LogP contribution in [0.25, 0.3) is 16.7 Å². The fourth-order valence-electron chi connectivity index (χ4n) is 4.11. The van der Waals surface area contributed by atoms with Crippen molar-refractivity contribution in [1.82, 2.24) is 25.6 Å². The minimum atomic E-state index is 0. The monoisotopic (exact) mass is 445 g/mol. The highest BCUT2D eigenvalue weighted by molar-refractivity contribution is 5.85. The lowest BCUT2D eigenvalue weighted by Gasteiger charge is -2.34. The van der Waals surface area contributed by atoms with Crippen molar-refractivity contribution in [3.63, 3.8) is 0 Å². The summed E-state index contributed by atoms with van der Waals surface area (Å²) in [5.74, 6) is 0. The van der Waals surface area contributed by atoms with Gasteiger partial charge in [-0.3, -0.25) is 0 Å². The number of nitrogens with one attached hydrogen (secondary N) is 2. The van der Waals surface area contributed by atoms with E-state index in [9.17, 15) is 0 Å². The van der Waals surface area contributed by atoms with Crippen LogP contribution in [0.5, 0.6) is 0 Å². The van der Waals surface area contributed by atoms with Gasteiger partial charge in [0.1, 0.15) is 5.58 Å². The third-order valence-electron chi connectivity index (χ3n) is 5.47. The molecule has 1 fully saturated rings. The third-order valence-corrected chi connectivity index (χ3v) is 5.47. The Morgan fingerprint density at radius 2 is 2.00 bits per heavy atom. The number of benzene rings is 2. The standard InChI is InChI=1S/C22H23N5O.2ClH/c1-2-5-16(6-3-1)21-20(7-4-9-23-21)24-15-18-14-19(27-11-10-25-26-27)13-17-8-12-28-22(17)18;;/h1-3,5-6,8,10-14,20-21,23-24H,4,7,9,15H2;2*1H/t20-,21-;;/m0../s1. The van der Waals surface area contributed by atoms with Gasteiger partial charge in [-0.25, -0.2) is 4.68 Å². The molecular weight excluding hydrogens is 421 g/mol. The highest BCUT2D eigenvalue weighted by Gasteiger charge is 2.25.